The van der Waals surface area contributed by atoms with Gasteiger partial charge in [0.05, 0.1) is 10.4 Å². The van der Waals surface area contributed by atoms with Gasteiger partial charge in [0.1, 0.15) is 11.6 Å². The summed E-state index contributed by atoms with van der Waals surface area (Å²) in [6.45, 7) is 0.273. The number of piperidine rings is 1. The average Bonchev–Trinajstić information content (AvgIpc) is 2.69. The predicted octanol–water partition coefficient (Wildman–Crippen LogP) is 2.55. The average molecular weight is 422 g/mol. The molecule has 1 spiro atoms. The van der Waals surface area contributed by atoms with Gasteiger partial charge in [-0.15, -0.1) is 0 Å². The van der Waals surface area contributed by atoms with E-state index in [1.165, 1.54) is 52.7 Å². The maximum absolute atomic E-state index is 13.7. The number of rotatable bonds is 4. The van der Waals surface area contributed by atoms with Crippen LogP contribution in [0.5, 0.6) is 0 Å². The highest BCUT2D eigenvalue weighted by atomic mass is 32.2. The molecule has 2 aliphatic rings. The van der Waals surface area contributed by atoms with Crippen LogP contribution in [0, 0.1) is 11.6 Å². The topological polar surface area (TPSA) is 66.9 Å². The van der Waals surface area contributed by atoms with Crippen molar-refractivity contribution < 1.29 is 26.7 Å². The number of sulfonamides is 1. The van der Waals surface area contributed by atoms with Crippen LogP contribution < -0.4 is 4.90 Å². The summed E-state index contributed by atoms with van der Waals surface area (Å²) >= 11 is 0. The lowest BCUT2D eigenvalue weighted by molar-refractivity contribution is -0.150. The van der Waals surface area contributed by atoms with Crippen molar-refractivity contribution in [1.82, 2.24) is 4.31 Å². The number of nitrogens with zero attached hydrogens (tertiary/aromatic N) is 2. The first kappa shape index (κ1) is 19.9. The van der Waals surface area contributed by atoms with E-state index in [9.17, 15) is 22.0 Å². The van der Waals surface area contributed by atoms with Crippen LogP contribution in [0.25, 0.3) is 0 Å². The molecule has 1 amide bonds. The summed E-state index contributed by atoms with van der Waals surface area (Å²) in [5.74, 6) is -1.36. The molecule has 2 aromatic rings. The Labute approximate surface area is 167 Å². The molecule has 4 rings (SSSR count). The molecule has 0 bridgehead atoms. The van der Waals surface area contributed by atoms with Crippen molar-refractivity contribution in [2.75, 3.05) is 25.1 Å². The standard InChI is InChI=1S/C20H20F2N2O4S/c1-28-18-19(25)24(16-6-2-4-14(21)12-16)20(18)8-10-23(11-9-20)29(26,27)17-7-3-5-15(22)13-17/h2-7,12-13,18H,8-11H2,1H3. The van der Waals surface area contributed by atoms with E-state index in [-0.39, 0.29) is 23.9 Å². The van der Waals surface area contributed by atoms with Crippen molar-refractivity contribution in [2.24, 2.45) is 0 Å². The monoisotopic (exact) mass is 422 g/mol. The van der Waals surface area contributed by atoms with Crippen molar-refractivity contribution in [1.29, 1.82) is 0 Å². The maximum Gasteiger partial charge on any atom is 0.259 e. The lowest BCUT2D eigenvalue weighted by Gasteiger charge is -2.59. The third-order valence-electron chi connectivity index (χ3n) is 5.70. The molecule has 0 aromatic heterocycles. The Kier molecular flexibility index (Phi) is 4.92. The second-order valence-corrected chi connectivity index (χ2v) is 9.17. The summed E-state index contributed by atoms with van der Waals surface area (Å²) in [6.07, 6.45) is -0.0743. The third-order valence-corrected chi connectivity index (χ3v) is 7.60. The van der Waals surface area contributed by atoms with Gasteiger partial charge in [-0.1, -0.05) is 12.1 Å². The predicted molar refractivity (Wildman–Crippen MR) is 102 cm³/mol. The first-order valence-corrected chi connectivity index (χ1v) is 10.6. The zero-order chi connectivity index (χ0) is 20.8. The lowest BCUT2D eigenvalue weighted by Crippen LogP contribution is -2.77. The van der Waals surface area contributed by atoms with Gasteiger partial charge in [0, 0.05) is 25.9 Å². The highest BCUT2D eigenvalue weighted by Crippen LogP contribution is 2.46. The minimum absolute atomic E-state index is 0.108. The molecule has 2 fully saturated rings. The number of carbonyl (C=O) groups is 1. The Hall–Kier alpha value is -2.36. The quantitative estimate of drug-likeness (QED) is 0.711. The fraction of sp³-hybridized carbons (Fsp3) is 0.350. The number of hydrogen-bond acceptors (Lipinski definition) is 4. The summed E-state index contributed by atoms with van der Waals surface area (Å²) in [6, 6.07) is 10.6. The number of hydrogen-bond donors (Lipinski definition) is 0. The maximum atomic E-state index is 13.7. The molecular weight excluding hydrogens is 402 g/mol. The SMILES string of the molecule is COC1C(=O)N(c2cccc(F)c2)C12CCN(S(=O)(=O)c1cccc(F)c1)CC2. The van der Waals surface area contributed by atoms with E-state index in [0.717, 1.165) is 6.07 Å². The first-order valence-electron chi connectivity index (χ1n) is 9.18. The van der Waals surface area contributed by atoms with Gasteiger partial charge in [-0.2, -0.15) is 4.31 Å². The molecule has 9 heteroatoms. The molecule has 1 atom stereocenters. The molecule has 2 aliphatic heterocycles. The Morgan fingerprint density at radius 2 is 1.66 bits per heavy atom. The highest BCUT2D eigenvalue weighted by Gasteiger charge is 2.62. The van der Waals surface area contributed by atoms with Gasteiger partial charge in [-0.05, 0) is 49.2 Å². The fourth-order valence-corrected chi connectivity index (χ4v) is 5.79. The number of amides is 1. The second kappa shape index (κ2) is 7.16. The number of benzene rings is 2. The number of anilines is 1. The minimum atomic E-state index is -3.86. The second-order valence-electron chi connectivity index (χ2n) is 7.23. The molecular formula is C20H20F2N2O4S. The minimum Gasteiger partial charge on any atom is -0.369 e. The summed E-state index contributed by atoms with van der Waals surface area (Å²) in [4.78, 5) is 14.0. The van der Waals surface area contributed by atoms with Gasteiger partial charge in [0.15, 0.2) is 6.10 Å². The highest BCUT2D eigenvalue weighted by molar-refractivity contribution is 7.89. The van der Waals surface area contributed by atoms with Crippen molar-refractivity contribution in [3.8, 4) is 0 Å². The molecule has 2 saturated heterocycles. The van der Waals surface area contributed by atoms with Crippen LogP contribution in [0.3, 0.4) is 0 Å². The molecule has 0 N–H and O–H groups in total. The lowest BCUT2D eigenvalue weighted by atomic mass is 9.73. The van der Waals surface area contributed by atoms with E-state index in [2.05, 4.69) is 0 Å². The Morgan fingerprint density at radius 3 is 2.24 bits per heavy atom. The smallest absolute Gasteiger partial charge is 0.259 e. The third kappa shape index (κ3) is 3.13. The van der Waals surface area contributed by atoms with Gasteiger partial charge < -0.3 is 9.64 Å². The van der Waals surface area contributed by atoms with Crippen LogP contribution in [-0.4, -0.2) is 50.5 Å². The van der Waals surface area contributed by atoms with E-state index in [1.807, 2.05) is 0 Å². The van der Waals surface area contributed by atoms with Crippen molar-refractivity contribution in [3.05, 3.63) is 60.2 Å². The van der Waals surface area contributed by atoms with Crippen LogP contribution >= 0.6 is 0 Å². The van der Waals surface area contributed by atoms with Crippen LogP contribution in [0.15, 0.2) is 53.4 Å². The molecule has 1 unspecified atom stereocenters. The molecule has 6 nitrogen and oxygen atoms in total. The molecule has 2 heterocycles. The van der Waals surface area contributed by atoms with Crippen LogP contribution in [0.2, 0.25) is 0 Å². The molecule has 154 valence electrons. The van der Waals surface area contributed by atoms with Gasteiger partial charge >= 0.3 is 0 Å². The molecule has 0 radical (unpaired) electrons. The van der Waals surface area contributed by atoms with Crippen molar-refractivity contribution >= 4 is 21.6 Å². The summed E-state index contributed by atoms with van der Waals surface area (Å²) in [5.41, 5.74) is -0.321. The van der Waals surface area contributed by atoms with E-state index < -0.39 is 33.3 Å². The van der Waals surface area contributed by atoms with E-state index in [0.29, 0.717) is 18.5 Å². The zero-order valence-corrected chi connectivity index (χ0v) is 16.5. The number of β-lactam (4-membered cyclic amide) rings is 1. The first-order chi connectivity index (χ1) is 13.8. The summed E-state index contributed by atoms with van der Waals surface area (Å²) in [5, 5.41) is 0. The van der Waals surface area contributed by atoms with E-state index >= 15 is 0 Å². The van der Waals surface area contributed by atoms with E-state index in [4.69, 9.17) is 4.74 Å². The summed E-state index contributed by atoms with van der Waals surface area (Å²) in [7, 11) is -2.42. The fourth-order valence-electron chi connectivity index (χ4n) is 4.31. The summed E-state index contributed by atoms with van der Waals surface area (Å²) < 4.78 is 59.6. The van der Waals surface area contributed by atoms with E-state index in [1.54, 1.807) is 6.07 Å². The Balaban J connectivity index is 1.60. The van der Waals surface area contributed by atoms with Crippen LogP contribution in [0.4, 0.5) is 14.5 Å². The Morgan fingerprint density at radius 1 is 1.03 bits per heavy atom. The number of halogens is 2. The molecule has 29 heavy (non-hydrogen) atoms. The number of methoxy groups -OCH3 is 1. The van der Waals surface area contributed by atoms with Crippen LogP contribution in [0.1, 0.15) is 12.8 Å². The van der Waals surface area contributed by atoms with Gasteiger partial charge in [-0.25, -0.2) is 17.2 Å². The Bertz CT molecular complexity index is 1050. The van der Waals surface area contributed by atoms with Crippen molar-refractivity contribution in [3.63, 3.8) is 0 Å². The number of carbonyl (C=O) groups excluding carboxylic acids is 1. The zero-order valence-electron chi connectivity index (χ0n) is 15.7. The van der Waals surface area contributed by atoms with Gasteiger partial charge in [0.25, 0.3) is 5.91 Å². The normalized spacial score (nSPS) is 22.0. The largest absolute Gasteiger partial charge is 0.369 e. The van der Waals surface area contributed by atoms with Gasteiger partial charge in [-0.3, -0.25) is 4.79 Å². The van der Waals surface area contributed by atoms with Crippen molar-refractivity contribution in [2.45, 2.75) is 29.4 Å². The molecule has 0 aliphatic carbocycles. The molecule has 2 aromatic carbocycles. The number of ether oxygens (including phenoxy) is 1. The molecule has 0 saturated carbocycles. The van der Waals surface area contributed by atoms with Gasteiger partial charge in [0.2, 0.25) is 10.0 Å². The van der Waals surface area contributed by atoms with Crippen LogP contribution in [-0.2, 0) is 19.6 Å².